The number of aromatic nitrogens is 2. The third-order valence-corrected chi connectivity index (χ3v) is 4.71. The van der Waals surface area contributed by atoms with Crippen LogP contribution in [-0.2, 0) is 16.0 Å². The molecule has 1 aliphatic heterocycles. The molecule has 1 fully saturated rings. The molecule has 1 unspecified atom stereocenters. The molecule has 9 heteroatoms. The van der Waals surface area contributed by atoms with E-state index in [2.05, 4.69) is 20.8 Å². The zero-order valence-electron chi connectivity index (χ0n) is 14.5. The van der Waals surface area contributed by atoms with Gasteiger partial charge in [-0.25, -0.2) is 4.79 Å². The maximum absolute atomic E-state index is 12.7. The minimum absolute atomic E-state index is 0.266. The number of nitrogens with zero attached hydrogens (tertiary/aromatic N) is 3. The summed E-state index contributed by atoms with van der Waals surface area (Å²) in [7, 11) is 0. The SMILES string of the molecule is Cc1nnc(NC(=O)C(Cc2ccccc2)NC(=O)N2CCOCC2)s1. The molecule has 26 heavy (non-hydrogen) atoms. The summed E-state index contributed by atoms with van der Waals surface area (Å²) in [5, 5.41) is 14.6. The topological polar surface area (TPSA) is 96.4 Å². The Balaban J connectivity index is 1.69. The predicted molar refractivity (Wildman–Crippen MR) is 98.1 cm³/mol. The van der Waals surface area contributed by atoms with Gasteiger partial charge in [-0.3, -0.25) is 10.1 Å². The Morgan fingerprint density at radius 3 is 2.62 bits per heavy atom. The molecule has 2 aromatic rings. The molecule has 8 nitrogen and oxygen atoms in total. The maximum atomic E-state index is 12.7. The second-order valence-electron chi connectivity index (χ2n) is 5.91. The standard InChI is InChI=1S/C17H21N5O3S/c1-12-20-21-16(26-12)19-15(23)14(11-13-5-3-2-4-6-13)18-17(24)22-7-9-25-10-8-22/h2-6,14H,7-11H2,1H3,(H,18,24)(H,19,21,23). The number of hydrogen-bond acceptors (Lipinski definition) is 6. The highest BCUT2D eigenvalue weighted by Gasteiger charge is 2.25. The van der Waals surface area contributed by atoms with Crippen LogP contribution in [-0.4, -0.2) is 59.4 Å². The van der Waals surface area contributed by atoms with Crippen LogP contribution in [0.25, 0.3) is 0 Å². The van der Waals surface area contributed by atoms with Gasteiger partial charge >= 0.3 is 6.03 Å². The van der Waals surface area contributed by atoms with E-state index in [-0.39, 0.29) is 11.9 Å². The lowest BCUT2D eigenvalue weighted by Gasteiger charge is -2.29. The number of rotatable bonds is 5. The van der Waals surface area contributed by atoms with E-state index in [1.54, 1.807) is 4.90 Å². The van der Waals surface area contributed by atoms with E-state index in [4.69, 9.17) is 4.74 Å². The van der Waals surface area contributed by atoms with Crippen LogP contribution in [0.5, 0.6) is 0 Å². The summed E-state index contributed by atoms with van der Waals surface area (Å²) in [5.41, 5.74) is 0.961. The lowest BCUT2D eigenvalue weighted by Crippen LogP contribution is -2.53. The molecule has 1 aliphatic rings. The van der Waals surface area contributed by atoms with E-state index < -0.39 is 6.04 Å². The highest BCUT2D eigenvalue weighted by Crippen LogP contribution is 2.15. The number of amides is 3. The summed E-state index contributed by atoms with van der Waals surface area (Å²) in [6, 6.07) is 8.60. The van der Waals surface area contributed by atoms with Gasteiger partial charge in [-0.05, 0) is 12.5 Å². The Morgan fingerprint density at radius 1 is 1.23 bits per heavy atom. The molecule has 3 amide bonds. The van der Waals surface area contributed by atoms with Crippen LogP contribution in [0.1, 0.15) is 10.6 Å². The van der Waals surface area contributed by atoms with Gasteiger partial charge in [0.2, 0.25) is 11.0 Å². The quantitative estimate of drug-likeness (QED) is 0.824. The molecule has 3 rings (SSSR count). The predicted octanol–water partition coefficient (Wildman–Crippen LogP) is 1.44. The minimum Gasteiger partial charge on any atom is -0.378 e. The summed E-state index contributed by atoms with van der Waals surface area (Å²) in [5.74, 6) is -0.313. The van der Waals surface area contributed by atoms with E-state index in [0.29, 0.717) is 37.9 Å². The number of aryl methyl sites for hydroxylation is 1. The smallest absolute Gasteiger partial charge is 0.318 e. The van der Waals surface area contributed by atoms with Gasteiger partial charge in [0, 0.05) is 19.5 Å². The van der Waals surface area contributed by atoms with Crippen molar-refractivity contribution < 1.29 is 14.3 Å². The highest BCUT2D eigenvalue weighted by atomic mass is 32.1. The molecule has 0 radical (unpaired) electrons. The first-order chi connectivity index (χ1) is 12.6. The van der Waals surface area contributed by atoms with E-state index >= 15 is 0 Å². The molecule has 1 atom stereocenters. The Bertz CT molecular complexity index is 746. The van der Waals surface area contributed by atoms with Crippen LogP contribution >= 0.6 is 11.3 Å². The average Bonchev–Trinajstić information content (AvgIpc) is 3.07. The Morgan fingerprint density at radius 2 is 1.96 bits per heavy atom. The number of morpholine rings is 1. The van der Waals surface area contributed by atoms with Gasteiger partial charge in [-0.2, -0.15) is 0 Å². The zero-order chi connectivity index (χ0) is 18.4. The van der Waals surface area contributed by atoms with Crippen molar-refractivity contribution in [3.63, 3.8) is 0 Å². The molecule has 0 saturated carbocycles. The van der Waals surface area contributed by atoms with Crippen LogP contribution in [0.15, 0.2) is 30.3 Å². The van der Waals surface area contributed by atoms with Crippen LogP contribution in [0.3, 0.4) is 0 Å². The molecule has 1 aromatic carbocycles. The van der Waals surface area contributed by atoms with Crippen molar-refractivity contribution in [2.45, 2.75) is 19.4 Å². The first-order valence-corrected chi connectivity index (χ1v) is 9.21. The van der Waals surface area contributed by atoms with E-state index in [1.807, 2.05) is 37.3 Å². The van der Waals surface area contributed by atoms with Crippen molar-refractivity contribution in [2.75, 3.05) is 31.6 Å². The number of ether oxygens (including phenoxy) is 1. The molecular formula is C17H21N5O3S. The zero-order valence-corrected chi connectivity index (χ0v) is 15.3. The van der Waals surface area contributed by atoms with Crippen molar-refractivity contribution in [1.82, 2.24) is 20.4 Å². The van der Waals surface area contributed by atoms with Crippen LogP contribution < -0.4 is 10.6 Å². The Hall–Kier alpha value is -2.52. The fourth-order valence-electron chi connectivity index (χ4n) is 2.61. The molecule has 138 valence electrons. The molecule has 1 aromatic heterocycles. The van der Waals surface area contributed by atoms with Gasteiger partial charge in [0.05, 0.1) is 13.2 Å². The minimum atomic E-state index is -0.711. The highest BCUT2D eigenvalue weighted by molar-refractivity contribution is 7.15. The summed E-state index contributed by atoms with van der Waals surface area (Å²) in [6.07, 6.45) is 0.389. The summed E-state index contributed by atoms with van der Waals surface area (Å²) < 4.78 is 5.26. The first-order valence-electron chi connectivity index (χ1n) is 8.40. The number of carbonyl (C=O) groups excluding carboxylic acids is 2. The maximum Gasteiger partial charge on any atom is 0.318 e. The summed E-state index contributed by atoms with van der Waals surface area (Å²) in [4.78, 5) is 26.9. The Labute approximate surface area is 155 Å². The van der Waals surface area contributed by atoms with Gasteiger partial charge in [0.15, 0.2) is 0 Å². The van der Waals surface area contributed by atoms with Crippen molar-refractivity contribution in [2.24, 2.45) is 0 Å². The largest absolute Gasteiger partial charge is 0.378 e. The van der Waals surface area contributed by atoms with Gasteiger partial charge in [0.1, 0.15) is 11.0 Å². The Kier molecular flexibility index (Phi) is 6.13. The monoisotopic (exact) mass is 375 g/mol. The molecule has 0 aliphatic carbocycles. The van der Waals surface area contributed by atoms with Gasteiger partial charge in [0.25, 0.3) is 0 Å². The molecule has 2 N–H and O–H groups in total. The summed E-state index contributed by atoms with van der Waals surface area (Å²) >= 11 is 1.29. The molecule has 1 saturated heterocycles. The number of hydrogen-bond donors (Lipinski definition) is 2. The normalized spacial score (nSPS) is 15.3. The number of nitrogens with one attached hydrogen (secondary N) is 2. The summed E-state index contributed by atoms with van der Waals surface area (Å²) in [6.45, 7) is 3.86. The second kappa shape index (κ2) is 8.72. The first kappa shape index (κ1) is 18.3. The van der Waals surface area contributed by atoms with Gasteiger partial charge in [-0.15, -0.1) is 10.2 Å². The third-order valence-electron chi connectivity index (χ3n) is 3.95. The number of benzene rings is 1. The molecule has 0 bridgehead atoms. The lowest BCUT2D eigenvalue weighted by molar-refractivity contribution is -0.118. The fourth-order valence-corrected chi connectivity index (χ4v) is 3.20. The van der Waals surface area contributed by atoms with Crippen LogP contribution in [0, 0.1) is 6.92 Å². The van der Waals surface area contributed by atoms with E-state index in [9.17, 15) is 9.59 Å². The van der Waals surface area contributed by atoms with E-state index in [1.165, 1.54) is 11.3 Å². The molecule has 2 heterocycles. The lowest BCUT2D eigenvalue weighted by atomic mass is 10.1. The fraction of sp³-hybridized carbons (Fsp3) is 0.412. The van der Waals surface area contributed by atoms with Crippen molar-refractivity contribution in [3.05, 3.63) is 40.9 Å². The van der Waals surface area contributed by atoms with Gasteiger partial charge < -0.3 is 15.0 Å². The van der Waals surface area contributed by atoms with Crippen LogP contribution in [0.4, 0.5) is 9.93 Å². The third kappa shape index (κ3) is 4.99. The number of carbonyl (C=O) groups is 2. The number of urea groups is 1. The average molecular weight is 375 g/mol. The van der Waals surface area contributed by atoms with Crippen LogP contribution in [0.2, 0.25) is 0 Å². The van der Waals surface area contributed by atoms with E-state index in [0.717, 1.165) is 10.6 Å². The van der Waals surface area contributed by atoms with Crippen molar-refractivity contribution in [1.29, 1.82) is 0 Å². The molecular weight excluding hydrogens is 354 g/mol. The van der Waals surface area contributed by atoms with Gasteiger partial charge in [-0.1, -0.05) is 41.7 Å². The van der Waals surface area contributed by atoms with Crippen molar-refractivity contribution >= 4 is 28.4 Å². The molecule has 0 spiro atoms. The second-order valence-corrected chi connectivity index (χ2v) is 7.09. The van der Waals surface area contributed by atoms with Crippen molar-refractivity contribution in [3.8, 4) is 0 Å². The number of anilines is 1.